The van der Waals surface area contributed by atoms with Gasteiger partial charge in [0.05, 0.1) is 0 Å². The van der Waals surface area contributed by atoms with Crippen LogP contribution >= 0.6 is 0 Å². The second-order valence-corrected chi connectivity index (χ2v) is 5.82. The number of carbonyl (C=O) groups is 2. The Hall–Kier alpha value is -1.06. The lowest BCUT2D eigenvalue weighted by Gasteiger charge is -2.44. The lowest BCUT2D eigenvalue weighted by Crippen LogP contribution is -2.59. The molecule has 0 aromatic carbocycles. The molecule has 102 valence electrons. The minimum Gasteiger partial charge on any atom is -0.342 e. The SMILES string of the molecule is CCC1(CC)NC(=O)CCN(C2CC(C)C2)C1=O. The number of carbonyl (C=O) groups excluding carboxylic acids is 2. The summed E-state index contributed by atoms with van der Waals surface area (Å²) in [7, 11) is 0. The molecule has 0 atom stereocenters. The molecule has 1 N–H and O–H groups in total. The number of hydrogen-bond acceptors (Lipinski definition) is 2. The highest BCUT2D eigenvalue weighted by molar-refractivity contribution is 5.93. The van der Waals surface area contributed by atoms with Crippen LogP contribution in [0.1, 0.15) is 52.9 Å². The molecule has 2 amide bonds. The number of rotatable bonds is 3. The standard InChI is InChI=1S/C14H24N2O2/c1-4-14(5-2)13(18)16(7-6-12(17)15-14)11-8-10(3)9-11/h10-11H,4-9H2,1-3H3,(H,15,17). The van der Waals surface area contributed by atoms with Crippen LogP contribution in [-0.4, -0.2) is 34.8 Å². The molecule has 1 saturated heterocycles. The maximum Gasteiger partial charge on any atom is 0.248 e. The third-order valence-corrected chi connectivity index (χ3v) is 4.63. The van der Waals surface area contributed by atoms with E-state index in [1.54, 1.807) is 0 Å². The molecule has 1 saturated carbocycles. The quantitative estimate of drug-likeness (QED) is 0.831. The van der Waals surface area contributed by atoms with Gasteiger partial charge in [-0.2, -0.15) is 0 Å². The maximum absolute atomic E-state index is 12.7. The Labute approximate surface area is 109 Å². The van der Waals surface area contributed by atoms with Crippen molar-refractivity contribution < 1.29 is 9.59 Å². The smallest absolute Gasteiger partial charge is 0.248 e. The number of nitrogens with zero attached hydrogens (tertiary/aromatic N) is 1. The first-order chi connectivity index (χ1) is 8.52. The lowest BCUT2D eigenvalue weighted by atomic mass is 9.79. The number of hydrogen-bond donors (Lipinski definition) is 1. The minimum absolute atomic E-state index is 0.0157. The zero-order valence-electron chi connectivity index (χ0n) is 11.7. The first-order valence-electron chi connectivity index (χ1n) is 7.14. The van der Waals surface area contributed by atoms with Crippen LogP contribution in [-0.2, 0) is 9.59 Å². The van der Waals surface area contributed by atoms with Gasteiger partial charge in [-0.05, 0) is 31.6 Å². The van der Waals surface area contributed by atoms with Crippen molar-refractivity contribution in [2.45, 2.75) is 64.5 Å². The van der Waals surface area contributed by atoms with Gasteiger partial charge < -0.3 is 10.2 Å². The zero-order chi connectivity index (χ0) is 13.3. The normalized spacial score (nSPS) is 31.6. The monoisotopic (exact) mass is 252 g/mol. The van der Waals surface area contributed by atoms with E-state index < -0.39 is 5.54 Å². The van der Waals surface area contributed by atoms with Crippen molar-refractivity contribution in [3.05, 3.63) is 0 Å². The molecule has 4 heteroatoms. The maximum atomic E-state index is 12.7. The fourth-order valence-corrected chi connectivity index (χ4v) is 3.17. The highest BCUT2D eigenvalue weighted by atomic mass is 16.2. The summed E-state index contributed by atoms with van der Waals surface area (Å²) in [6.45, 7) is 6.77. The van der Waals surface area contributed by atoms with Crippen LogP contribution in [0.4, 0.5) is 0 Å². The molecule has 2 aliphatic rings. The first-order valence-corrected chi connectivity index (χ1v) is 7.14. The molecule has 2 rings (SSSR count). The molecule has 1 aliphatic carbocycles. The molecule has 18 heavy (non-hydrogen) atoms. The number of nitrogens with one attached hydrogen (secondary N) is 1. The van der Waals surface area contributed by atoms with E-state index in [0.29, 0.717) is 37.8 Å². The Morgan fingerprint density at radius 2 is 1.89 bits per heavy atom. The van der Waals surface area contributed by atoms with E-state index in [2.05, 4.69) is 12.2 Å². The molecule has 0 radical (unpaired) electrons. The first kappa shape index (κ1) is 13.4. The summed E-state index contributed by atoms with van der Waals surface area (Å²) in [4.78, 5) is 26.5. The summed E-state index contributed by atoms with van der Waals surface area (Å²) >= 11 is 0. The summed E-state index contributed by atoms with van der Waals surface area (Å²) < 4.78 is 0. The largest absolute Gasteiger partial charge is 0.342 e. The van der Waals surface area contributed by atoms with Crippen LogP contribution < -0.4 is 5.32 Å². The molecular formula is C14H24N2O2. The van der Waals surface area contributed by atoms with Gasteiger partial charge >= 0.3 is 0 Å². The van der Waals surface area contributed by atoms with Crippen molar-refractivity contribution >= 4 is 11.8 Å². The highest BCUT2D eigenvalue weighted by Gasteiger charge is 2.45. The second-order valence-electron chi connectivity index (χ2n) is 5.82. The third kappa shape index (κ3) is 2.13. The Bertz CT molecular complexity index is 344. The van der Waals surface area contributed by atoms with Gasteiger partial charge in [0.1, 0.15) is 5.54 Å². The predicted octanol–water partition coefficient (Wildman–Crippen LogP) is 1.69. The Kier molecular flexibility index (Phi) is 3.64. The van der Waals surface area contributed by atoms with Crippen molar-refractivity contribution in [2.24, 2.45) is 5.92 Å². The van der Waals surface area contributed by atoms with Crippen molar-refractivity contribution in [2.75, 3.05) is 6.54 Å². The summed E-state index contributed by atoms with van der Waals surface area (Å²) in [5.41, 5.74) is -0.660. The van der Waals surface area contributed by atoms with E-state index in [4.69, 9.17) is 0 Å². The van der Waals surface area contributed by atoms with Crippen LogP contribution in [0.25, 0.3) is 0 Å². The molecule has 1 heterocycles. The fraction of sp³-hybridized carbons (Fsp3) is 0.857. The average molecular weight is 252 g/mol. The molecule has 0 bridgehead atoms. The topological polar surface area (TPSA) is 49.4 Å². The molecule has 0 spiro atoms. The Morgan fingerprint density at radius 3 is 2.39 bits per heavy atom. The predicted molar refractivity (Wildman–Crippen MR) is 70.0 cm³/mol. The zero-order valence-corrected chi connectivity index (χ0v) is 11.7. The van der Waals surface area contributed by atoms with Gasteiger partial charge in [0, 0.05) is 19.0 Å². The lowest BCUT2D eigenvalue weighted by molar-refractivity contribution is -0.143. The van der Waals surface area contributed by atoms with Crippen LogP contribution in [0.15, 0.2) is 0 Å². The van der Waals surface area contributed by atoms with Gasteiger partial charge in [-0.3, -0.25) is 9.59 Å². The Morgan fingerprint density at radius 1 is 1.28 bits per heavy atom. The van der Waals surface area contributed by atoms with Gasteiger partial charge in [-0.15, -0.1) is 0 Å². The minimum atomic E-state index is -0.660. The van der Waals surface area contributed by atoms with E-state index in [0.717, 1.165) is 12.8 Å². The third-order valence-electron chi connectivity index (χ3n) is 4.63. The van der Waals surface area contributed by atoms with Crippen molar-refractivity contribution in [3.8, 4) is 0 Å². The average Bonchev–Trinajstić information content (AvgIpc) is 2.44. The summed E-state index contributed by atoms with van der Waals surface area (Å²) in [6, 6.07) is 0.359. The number of amides is 2. The molecule has 0 unspecified atom stereocenters. The molecular weight excluding hydrogens is 228 g/mol. The van der Waals surface area contributed by atoms with Crippen LogP contribution in [0, 0.1) is 5.92 Å². The fourth-order valence-electron chi connectivity index (χ4n) is 3.17. The molecule has 2 fully saturated rings. The van der Waals surface area contributed by atoms with Crippen molar-refractivity contribution in [3.63, 3.8) is 0 Å². The molecule has 0 aromatic rings. The van der Waals surface area contributed by atoms with Gasteiger partial charge in [-0.25, -0.2) is 0 Å². The summed E-state index contributed by atoms with van der Waals surface area (Å²) in [5.74, 6) is 0.865. The Balaban J connectivity index is 2.20. The van der Waals surface area contributed by atoms with E-state index in [-0.39, 0.29) is 11.8 Å². The van der Waals surface area contributed by atoms with Gasteiger partial charge in [-0.1, -0.05) is 20.8 Å². The van der Waals surface area contributed by atoms with E-state index in [1.807, 2.05) is 18.7 Å². The van der Waals surface area contributed by atoms with Crippen LogP contribution in [0.3, 0.4) is 0 Å². The van der Waals surface area contributed by atoms with Gasteiger partial charge in [0.15, 0.2) is 0 Å². The van der Waals surface area contributed by atoms with E-state index in [1.165, 1.54) is 0 Å². The van der Waals surface area contributed by atoms with Crippen molar-refractivity contribution in [1.29, 1.82) is 0 Å². The molecule has 0 aromatic heterocycles. The van der Waals surface area contributed by atoms with Crippen molar-refractivity contribution in [1.82, 2.24) is 10.2 Å². The van der Waals surface area contributed by atoms with Gasteiger partial charge in [0.2, 0.25) is 11.8 Å². The highest BCUT2D eigenvalue weighted by Crippen LogP contribution is 2.34. The summed E-state index contributed by atoms with van der Waals surface area (Å²) in [6.07, 6.45) is 3.96. The molecule has 4 nitrogen and oxygen atoms in total. The van der Waals surface area contributed by atoms with E-state index in [9.17, 15) is 9.59 Å². The van der Waals surface area contributed by atoms with Crippen LogP contribution in [0.2, 0.25) is 0 Å². The van der Waals surface area contributed by atoms with E-state index >= 15 is 0 Å². The van der Waals surface area contributed by atoms with Crippen LogP contribution in [0.5, 0.6) is 0 Å². The second kappa shape index (κ2) is 4.90. The molecule has 1 aliphatic heterocycles. The van der Waals surface area contributed by atoms with Gasteiger partial charge in [0.25, 0.3) is 0 Å². The summed E-state index contributed by atoms with van der Waals surface area (Å²) in [5, 5.41) is 2.96.